The molecule has 1 aliphatic rings. The molecular weight excluding hydrogens is 364 g/mol. The summed E-state index contributed by atoms with van der Waals surface area (Å²) in [5.74, 6) is 1.30. The third-order valence-electron chi connectivity index (χ3n) is 5.63. The highest BCUT2D eigenvalue weighted by atomic mass is 16.5. The molecule has 3 N–H and O–H groups in total. The highest BCUT2D eigenvalue weighted by Gasteiger charge is 2.27. The number of benzene rings is 2. The Balaban J connectivity index is 1.54. The summed E-state index contributed by atoms with van der Waals surface area (Å²) in [6, 6.07) is 17.0. The molecule has 1 fully saturated rings. The Morgan fingerprint density at radius 3 is 2.72 bits per heavy atom. The third-order valence-corrected chi connectivity index (χ3v) is 5.63. The van der Waals surface area contributed by atoms with Crippen LogP contribution in [0.25, 0.3) is 0 Å². The second-order valence-corrected chi connectivity index (χ2v) is 7.70. The molecule has 0 heterocycles. The summed E-state index contributed by atoms with van der Waals surface area (Å²) in [4.78, 5) is 12.0. The molecule has 0 radical (unpaired) electrons. The molecule has 1 saturated carbocycles. The molecule has 5 nitrogen and oxygen atoms in total. The summed E-state index contributed by atoms with van der Waals surface area (Å²) in [7, 11) is 0. The molecule has 1 amide bonds. The molecule has 2 aromatic rings. The van der Waals surface area contributed by atoms with Crippen molar-refractivity contribution >= 4 is 5.91 Å². The summed E-state index contributed by atoms with van der Waals surface area (Å²) >= 11 is 0. The van der Waals surface area contributed by atoms with Crippen molar-refractivity contribution in [2.75, 3.05) is 19.8 Å². The predicted molar refractivity (Wildman–Crippen MR) is 115 cm³/mol. The minimum Gasteiger partial charge on any atom is -0.494 e. The molecule has 29 heavy (non-hydrogen) atoms. The monoisotopic (exact) mass is 396 g/mol. The second-order valence-electron chi connectivity index (χ2n) is 7.70. The van der Waals surface area contributed by atoms with Gasteiger partial charge in [-0.05, 0) is 74.4 Å². The van der Waals surface area contributed by atoms with Crippen LogP contribution in [0.2, 0.25) is 0 Å². The number of hydrogen-bond acceptors (Lipinski definition) is 4. The minimum atomic E-state index is -0.139. The van der Waals surface area contributed by atoms with Crippen LogP contribution in [0.15, 0.2) is 48.5 Å². The normalized spacial score (nSPS) is 19.7. The zero-order chi connectivity index (χ0) is 20.6. The smallest absolute Gasteiger partial charge is 0.251 e. The Hall–Kier alpha value is -2.37. The van der Waals surface area contributed by atoms with Crippen LogP contribution >= 0.6 is 0 Å². The van der Waals surface area contributed by atoms with Gasteiger partial charge in [-0.1, -0.05) is 24.3 Å². The minimum absolute atomic E-state index is 0.0470. The molecule has 0 spiro atoms. The zero-order valence-electron chi connectivity index (χ0n) is 17.4. The van der Waals surface area contributed by atoms with Crippen molar-refractivity contribution in [3.8, 4) is 5.75 Å². The average Bonchev–Trinajstić information content (AvgIpc) is 3.21. The van der Waals surface area contributed by atoms with E-state index in [0.717, 1.165) is 25.0 Å². The maximum atomic E-state index is 12.0. The summed E-state index contributed by atoms with van der Waals surface area (Å²) in [6.45, 7) is 5.12. The highest BCUT2D eigenvalue weighted by molar-refractivity contribution is 5.94. The molecule has 3 rings (SSSR count). The fraction of sp³-hybridized carbons (Fsp3) is 0.458. The number of carbonyl (C=O) groups excluding carboxylic acids is 1. The van der Waals surface area contributed by atoms with Gasteiger partial charge in [0.1, 0.15) is 5.75 Å². The number of aliphatic hydroxyl groups is 1. The lowest BCUT2D eigenvalue weighted by atomic mass is 9.96. The number of carbonyl (C=O) groups is 1. The lowest BCUT2D eigenvalue weighted by Crippen LogP contribution is -2.29. The Labute approximate surface area is 173 Å². The van der Waals surface area contributed by atoms with E-state index in [4.69, 9.17) is 9.84 Å². The summed E-state index contributed by atoms with van der Waals surface area (Å²) in [6.07, 6.45) is 3.41. The Bertz CT molecular complexity index is 791. The number of rotatable bonds is 9. The number of amides is 1. The van der Waals surface area contributed by atoms with Gasteiger partial charge >= 0.3 is 0 Å². The quantitative estimate of drug-likeness (QED) is 0.603. The fourth-order valence-corrected chi connectivity index (χ4v) is 4.10. The van der Waals surface area contributed by atoms with Crippen LogP contribution in [0.4, 0.5) is 0 Å². The molecule has 2 aromatic carbocycles. The second kappa shape index (κ2) is 10.4. The van der Waals surface area contributed by atoms with Gasteiger partial charge in [0.05, 0.1) is 13.2 Å². The molecule has 0 bridgehead atoms. The van der Waals surface area contributed by atoms with Crippen LogP contribution in [-0.2, 0) is 0 Å². The van der Waals surface area contributed by atoms with Gasteiger partial charge < -0.3 is 20.5 Å². The van der Waals surface area contributed by atoms with Crippen LogP contribution in [0, 0.1) is 0 Å². The fourth-order valence-electron chi connectivity index (χ4n) is 4.10. The van der Waals surface area contributed by atoms with Crippen molar-refractivity contribution in [1.29, 1.82) is 0 Å². The molecule has 3 atom stereocenters. The first kappa shape index (κ1) is 21.3. The summed E-state index contributed by atoms with van der Waals surface area (Å²) in [5.41, 5.74) is 3.18. The van der Waals surface area contributed by atoms with Crippen molar-refractivity contribution in [3.05, 3.63) is 65.2 Å². The SMILES string of the molecule is CCOc1cccc([C@@H](C)N[C@H]2CCC(c3ccc(C(=O)NCCO)cc3)C2)c1. The number of ether oxygens (including phenoxy) is 1. The van der Waals surface area contributed by atoms with Gasteiger partial charge in [-0.3, -0.25) is 4.79 Å². The van der Waals surface area contributed by atoms with Crippen LogP contribution in [0.5, 0.6) is 5.75 Å². The van der Waals surface area contributed by atoms with E-state index in [0.29, 0.717) is 24.1 Å². The first-order valence-corrected chi connectivity index (χ1v) is 10.6. The topological polar surface area (TPSA) is 70.6 Å². The van der Waals surface area contributed by atoms with Crippen molar-refractivity contribution < 1.29 is 14.6 Å². The van der Waals surface area contributed by atoms with Crippen LogP contribution in [0.1, 0.15) is 66.6 Å². The number of nitrogens with one attached hydrogen (secondary N) is 2. The van der Waals surface area contributed by atoms with E-state index in [-0.39, 0.29) is 25.1 Å². The van der Waals surface area contributed by atoms with Crippen molar-refractivity contribution in [3.63, 3.8) is 0 Å². The highest BCUT2D eigenvalue weighted by Crippen LogP contribution is 2.35. The van der Waals surface area contributed by atoms with Crippen LogP contribution < -0.4 is 15.4 Å². The maximum Gasteiger partial charge on any atom is 0.251 e. The van der Waals surface area contributed by atoms with Gasteiger partial charge in [0.15, 0.2) is 0 Å². The van der Waals surface area contributed by atoms with Gasteiger partial charge in [0.2, 0.25) is 0 Å². The molecule has 0 aliphatic heterocycles. The van der Waals surface area contributed by atoms with E-state index in [1.54, 1.807) is 0 Å². The van der Waals surface area contributed by atoms with Gasteiger partial charge in [-0.25, -0.2) is 0 Å². The average molecular weight is 397 g/mol. The van der Waals surface area contributed by atoms with Gasteiger partial charge in [0, 0.05) is 24.2 Å². The van der Waals surface area contributed by atoms with Crippen molar-refractivity contribution in [2.24, 2.45) is 0 Å². The standard InChI is InChI=1S/C24H32N2O3/c1-3-29-23-6-4-5-20(16-23)17(2)26-22-12-11-21(15-22)18-7-9-19(10-8-18)24(28)25-13-14-27/h4-10,16-17,21-22,26-27H,3,11-15H2,1-2H3,(H,25,28)/t17-,21?,22+/m1/s1. The first-order chi connectivity index (χ1) is 14.1. The molecular formula is C24H32N2O3. The predicted octanol–water partition coefficient (Wildman–Crippen LogP) is 3.79. The van der Waals surface area contributed by atoms with Crippen LogP contribution in [0.3, 0.4) is 0 Å². The third kappa shape index (κ3) is 5.81. The van der Waals surface area contributed by atoms with Crippen LogP contribution in [-0.4, -0.2) is 36.8 Å². The Kier molecular flexibility index (Phi) is 7.67. The van der Waals surface area contributed by atoms with Gasteiger partial charge in [0.25, 0.3) is 5.91 Å². The van der Waals surface area contributed by atoms with E-state index in [1.165, 1.54) is 11.1 Å². The Morgan fingerprint density at radius 1 is 1.21 bits per heavy atom. The molecule has 1 unspecified atom stereocenters. The first-order valence-electron chi connectivity index (χ1n) is 10.6. The van der Waals surface area contributed by atoms with Gasteiger partial charge in [-0.2, -0.15) is 0 Å². The zero-order valence-corrected chi connectivity index (χ0v) is 17.4. The van der Waals surface area contributed by atoms with E-state index in [2.05, 4.69) is 41.8 Å². The summed E-state index contributed by atoms with van der Waals surface area (Å²) < 4.78 is 5.62. The summed E-state index contributed by atoms with van der Waals surface area (Å²) in [5, 5.41) is 15.3. The van der Waals surface area contributed by atoms with E-state index in [9.17, 15) is 4.79 Å². The molecule has 0 saturated heterocycles. The lowest BCUT2D eigenvalue weighted by molar-refractivity contribution is 0.0944. The Morgan fingerprint density at radius 2 is 2.00 bits per heavy atom. The molecule has 1 aliphatic carbocycles. The molecule has 156 valence electrons. The molecule has 5 heteroatoms. The molecule has 0 aromatic heterocycles. The maximum absolute atomic E-state index is 12.0. The van der Waals surface area contributed by atoms with Gasteiger partial charge in [-0.15, -0.1) is 0 Å². The van der Waals surface area contributed by atoms with E-state index >= 15 is 0 Å². The number of aliphatic hydroxyl groups excluding tert-OH is 1. The van der Waals surface area contributed by atoms with E-state index < -0.39 is 0 Å². The van der Waals surface area contributed by atoms with Crippen molar-refractivity contribution in [2.45, 2.75) is 51.1 Å². The lowest BCUT2D eigenvalue weighted by Gasteiger charge is -2.21. The largest absolute Gasteiger partial charge is 0.494 e. The van der Waals surface area contributed by atoms with Crippen molar-refractivity contribution in [1.82, 2.24) is 10.6 Å². The van der Waals surface area contributed by atoms with E-state index in [1.807, 2.05) is 31.2 Å². The number of hydrogen-bond donors (Lipinski definition) is 3.